The molecule has 1 saturated carbocycles. The molecule has 4 nitrogen and oxygen atoms in total. The van der Waals surface area contributed by atoms with Crippen LogP contribution in [0.5, 0.6) is 5.75 Å². The lowest BCUT2D eigenvalue weighted by Gasteiger charge is -2.29. The van der Waals surface area contributed by atoms with Crippen molar-refractivity contribution >= 4 is 5.69 Å². The predicted octanol–water partition coefficient (Wildman–Crippen LogP) is 1.94. The number of ether oxygens (including phenoxy) is 1. The summed E-state index contributed by atoms with van der Waals surface area (Å²) in [4.78, 5) is 2.31. The number of nitrogens with one attached hydrogen (secondary N) is 1. The lowest BCUT2D eigenvalue weighted by Crippen LogP contribution is -2.31. The van der Waals surface area contributed by atoms with Crippen LogP contribution in [0.2, 0.25) is 0 Å². The lowest BCUT2D eigenvalue weighted by molar-refractivity contribution is 0.301. The Hall–Kier alpha value is -1.26. The van der Waals surface area contributed by atoms with Crippen LogP contribution < -0.4 is 15.0 Å². The van der Waals surface area contributed by atoms with E-state index in [1.807, 2.05) is 19.2 Å². The van der Waals surface area contributed by atoms with Gasteiger partial charge in [0.1, 0.15) is 5.75 Å². The SMILES string of the molecule is CNC(C)c1c(OC)cccc1N(CCO)C1CC1. The Morgan fingerprint density at radius 1 is 1.47 bits per heavy atom. The van der Waals surface area contributed by atoms with Crippen LogP contribution in [-0.2, 0) is 0 Å². The van der Waals surface area contributed by atoms with Gasteiger partial charge in [0.05, 0.1) is 13.7 Å². The maximum absolute atomic E-state index is 9.30. The Bertz CT molecular complexity index is 419. The van der Waals surface area contributed by atoms with Crippen LogP contribution in [-0.4, -0.2) is 38.5 Å². The summed E-state index contributed by atoms with van der Waals surface area (Å²) in [5.41, 5.74) is 2.35. The van der Waals surface area contributed by atoms with Crippen LogP contribution in [0.25, 0.3) is 0 Å². The largest absolute Gasteiger partial charge is 0.496 e. The van der Waals surface area contributed by atoms with E-state index in [4.69, 9.17) is 4.74 Å². The van der Waals surface area contributed by atoms with Gasteiger partial charge in [0, 0.05) is 29.9 Å². The van der Waals surface area contributed by atoms with E-state index in [0.29, 0.717) is 12.6 Å². The van der Waals surface area contributed by atoms with Gasteiger partial charge in [-0.05, 0) is 38.9 Å². The number of aliphatic hydroxyl groups is 1. The van der Waals surface area contributed by atoms with E-state index in [1.54, 1.807) is 7.11 Å². The van der Waals surface area contributed by atoms with Crippen LogP contribution in [0.1, 0.15) is 31.4 Å². The normalized spacial score (nSPS) is 16.2. The van der Waals surface area contributed by atoms with Crippen LogP contribution in [0.3, 0.4) is 0 Å². The number of rotatable bonds is 7. The fourth-order valence-electron chi connectivity index (χ4n) is 2.53. The second-order valence-corrected chi connectivity index (χ2v) is 5.05. The van der Waals surface area contributed by atoms with Gasteiger partial charge in [-0.25, -0.2) is 0 Å². The fourth-order valence-corrected chi connectivity index (χ4v) is 2.53. The second kappa shape index (κ2) is 6.26. The summed E-state index contributed by atoms with van der Waals surface area (Å²) >= 11 is 0. The molecule has 1 aromatic carbocycles. The average molecular weight is 264 g/mol. The highest BCUT2D eigenvalue weighted by molar-refractivity contribution is 5.62. The van der Waals surface area contributed by atoms with Gasteiger partial charge in [0.2, 0.25) is 0 Å². The molecule has 0 radical (unpaired) electrons. The van der Waals surface area contributed by atoms with Crippen molar-refractivity contribution < 1.29 is 9.84 Å². The first-order valence-corrected chi connectivity index (χ1v) is 6.94. The molecule has 0 aromatic heterocycles. The number of hydrogen-bond donors (Lipinski definition) is 2. The Kier molecular flexibility index (Phi) is 4.66. The van der Waals surface area contributed by atoms with Crippen molar-refractivity contribution in [2.24, 2.45) is 0 Å². The number of benzene rings is 1. The molecule has 0 amide bonds. The van der Waals surface area contributed by atoms with E-state index in [-0.39, 0.29) is 12.6 Å². The zero-order valence-electron chi connectivity index (χ0n) is 12.0. The van der Waals surface area contributed by atoms with E-state index in [2.05, 4.69) is 23.2 Å². The summed E-state index contributed by atoms with van der Waals surface area (Å²) in [6.45, 7) is 2.99. The van der Waals surface area contributed by atoms with Gasteiger partial charge in [-0.3, -0.25) is 0 Å². The monoisotopic (exact) mass is 264 g/mol. The molecule has 1 fully saturated rings. The molecule has 1 aliphatic carbocycles. The maximum atomic E-state index is 9.30. The fraction of sp³-hybridized carbons (Fsp3) is 0.600. The highest BCUT2D eigenvalue weighted by atomic mass is 16.5. The molecular formula is C15H24N2O2. The predicted molar refractivity (Wildman–Crippen MR) is 77.9 cm³/mol. The van der Waals surface area contributed by atoms with E-state index in [1.165, 1.54) is 24.1 Å². The van der Waals surface area contributed by atoms with Crippen molar-refractivity contribution in [1.82, 2.24) is 5.32 Å². The van der Waals surface area contributed by atoms with Crippen LogP contribution in [0.4, 0.5) is 5.69 Å². The molecule has 106 valence electrons. The first kappa shape index (κ1) is 14.2. The van der Waals surface area contributed by atoms with Crippen molar-refractivity contribution in [3.63, 3.8) is 0 Å². The first-order valence-electron chi connectivity index (χ1n) is 6.94. The van der Waals surface area contributed by atoms with Crippen LogP contribution in [0, 0.1) is 0 Å². The molecule has 0 saturated heterocycles. The molecular weight excluding hydrogens is 240 g/mol. The molecule has 2 N–H and O–H groups in total. The second-order valence-electron chi connectivity index (χ2n) is 5.05. The highest BCUT2D eigenvalue weighted by Gasteiger charge is 2.31. The number of anilines is 1. The Labute approximate surface area is 115 Å². The summed E-state index contributed by atoms with van der Waals surface area (Å²) in [7, 11) is 3.66. The van der Waals surface area contributed by atoms with E-state index < -0.39 is 0 Å². The Morgan fingerprint density at radius 2 is 2.21 bits per heavy atom. The molecule has 0 bridgehead atoms. The molecule has 2 rings (SSSR count). The number of methoxy groups -OCH3 is 1. The van der Waals surface area contributed by atoms with Crippen molar-refractivity contribution in [2.75, 3.05) is 32.2 Å². The van der Waals surface area contributed by atoms with E-state index in [0.717, 1.165) is 5.75 Å². The van der Waals surface area contributed by atoms with Gasteiger partial charge in [-0.1, -0.05) is 6.07 Å². The average Bonchev–Trinajstić information content (AvgIpc) is 3.27. The topological polar surface area (TPSA) is 44.7 Å². The van der Waals surface area contributed by atoms with Gasteiger partial charge in [-0.2, -0.15) is 0 Å². The summed E-state index contributed by atoms with van der Waals surface area (Å²) in [6.07, 6.45) is 2.43. The smallest absolute Gasteiger partial charge is 0.125 e. The summed E-state index contributed by atoms with van der Waals surface area (Å²) in [6, 6.07) is 6.93. The minimum absolute atomic E-state index is 0.182. The zero-order chi connectivity index (χ0) is 13.8. The van der Waals surface area contributed by atoms with Gasteiger partial charge >= 0.3 is 0 Å². The summed E-state index contributed by atoms with van der Waals surface area (Å²) in [5, 5.41) is 12.6. The quantitative estimate of drug-likeness (QED) is 0.790. The zero-order valence-corrected chi connectivity index (χ0v) is 12.0. The number of nitrogens with zero attached hydrogens (tertiary/aromatic N) is 1. The Morgan fingerprint density at radius 3 is 2.74 bits per heavy atom. The van der Waals surface area contributed by atoms with Crippen molar-refractivity contribution in [1.29, 1.82) is 0 Å². The van der Waals surface area contributed by atoms with Crippen LogP contribution in [0.15, 0.2) is 18.2 Å². The first-order chi connectivity index (χ1) is 9.22. The standard InChI is InChI=1S/C15H24N2O2/c1-11(16-2)15-13(5-4-6-14(15)19-3)17(9-10-18)12-7-8-12/h4-6,11-12,16,18H,7-10H2,1-3H3. The van der Waals surface area contributed by atoms with E-state index >= 15 is 0 Å². The van der Waals surface area contributed by atoms with Gasteiger partial charge < -0.3 is 20.1 Å². The maximum Gasteiger partial charge on any atom is 0.125 e. The van der Waals surface area contributed by atoms with Gasteiger partial charge in [-0.15, -0.1) is 0 Å². The number of aliphatic hydroxyl groups excluding tert-OH is 1. The molecule has 1 unspecified atom stereocenters. The third kappa shape index (κ3) is 3.01. The summed E-state index contributed by atoms with van der Waals surface area (Å²) in [5.74, 6) is 0.905. The molecule has 4 heteroatoms. The van der Waals surface area contributed by atoms with Gasteiger partial charge in [0.25, 0.3) is 0 Å². The molecule has 0 spiro atoms. The molecule has 19 heavy (non-hydrogen) atoms. The Balaban J connectivity index is 2.41. The molecule has 0 heterocycles. The van der Waals surface area contributed by atoms with Crippen molar-refractivity contribution in [2.45, 2.75) is 31.8 Å². The van der Waals surface area contributed by atoms with Crippen LogP contribution >= 0.6 is 0 Å². The third-order valence-corrected chi connectivity index (χ3v) is 3.77. The highest BCUT2D eigenvalue weighted by Crippen LogP contribution is 2.39. The van der Waals surface area contributed by atoms with Gasteiger partial charge in [0.15, 0.2) is 0 Å². The third-order valence-electron chi connectivity index (χ3n) is 3.77. The minimum atomic E-state index is 0.182. The molecule has 1 aromatic rings. The van der Waals surface area contributed by atoms with Crippen molar-refractivity contribution in [3.05, 3.63) is 23.8 Å². The van der Waals surface area contributed by atoms with Crippen molar-refractivity contribution in [3.8, 4) is 5.75 Å². The lowest BCUT2D eigenvalue weighted by atomic mass is 10.0. The number of hydrogen-bond acceptors (Lipinski definition) is 4. The van der Waals surface area contributed by atoms with E-state index in [9.17, 15) is 5.11 Å². The minimum Gasteiger partial charge on any atom is -0.496 e. The molecule has 1 atom stereocenters. The summed E-state index contributed by atoms with van der Waals surface area (Å²) < 4.78 is 5.51. The molecule has 0 aliphatic heterocycles. The molecule has 1 aliphatic rings.